The molecule has 28 heavy (non-hydrogen) atoms. The monoisotopic (exact) mass is 414 g/mol. The number of aryl methyl sites for hydroxylation is 1. The molecule has 2 N–H and O–H groups in total. The summed E-state index contributed by atoms with van der Waals surface area (Å²) in [5, 5.41) is 11.6. The van der Waals surface area contributed by atoms with Crippen molar-refractivity contribution in [2.24, 2.45) is 11.1 Å². The van der Waals surface area contributed by atoms with E-state index in [1.54, 1.807) is 16.2 Å². The summed E-state index contributed by atoms with van der Waals surface area (Å²) in [5.74, 6) is -0.221. The molecule has 4 rings (SSSR count). The fourth-order valence-electron chi connectivity index (χ4n) is 3.95. The zero-order valence-electron chi connectivity index (χ0n) is 15.6. The van der Waals surface area contributed by atoms with Gasteiger partial charge in [-0.15, -0.1) is 0 Å². The summed E-state index contributed by atoms with van der Waals surface area (Å²) in [5.41, 5.74) is 4.27. The molecule has 1 saturated heterocycles. The molecule has 0 spiro atoms. The maximum absolute atomic E-state index is 12.9. The Hall–Kier alpha value is -2.22. The summed E-state index contributed by atoms with van der Waals surface area (Å²) < 4.78 is 22.6. The Labute approximate surface area is 168 Å². The molecular weight excluding hydrogens is 392 g/mol. The molecule has 2 heterocycles. The van der Waals surface area contributed by atoms with Crippen LogP contribution in [-0.4, -0.2) is 38.1 Å². The van der Waals surface area contributed by atoms with Gasteiger partial charge in [0.25, 0.3) is 5.91 Å². The second-order valence-electron chi connectivity index (χ2n) is 7.45. The van der Waals surface area contributed by atoms with Crippen molar-refractivity contribution in [1.82, 2.24) is 4.90 Å². The van der Waals surface area contributed by atoms with E-state index in [9.17, 15) is 13.2 Å². The van der Waals surface area contributed by atoms with Gasteiger partial charge < -0.3 is 4.90 Å². The molecular formula is C21H22N2O3S2. The minimum atomic E-state index is -3.52. The number of fused-ring (bicyclic) bond motifs is 1. The fourth-order valence-corrected chi connectivity index (χ4v) is 5.73. The van der Waals surface area contributed by atoms with Crippen LogP contribution in [0.2, 0.25) is 0 Å². The lowest BCUT2D eigenvalue weighted by Gasteiger charge is -2.17. The summed E-state index contributed by atoms with van der Waals surface area (Å²) in [4.78, 5) is 14.6. The number of hydrogen-bond donors (Lipinski definition) is 1. The van der Waals surface area contributed by atoms with Crippen molar-refractivity contribution in [2.75, 3.05) is 18.8 Å². The van der Waals surface area contributed by atoms with Gasteiger partial charge in [0.05, 0.1) is 5.75 Å². The van der Waals surface area contributed by atoms with E-state index in [0.717, 1.165) is 10.8 Å². The number of likely N-dealkylation sites (tertiary alicyclic amines) is 1. The Balaban J connectivity index is 1.60. The Morgan fingerprint density at radius 2 is 2.04 bits per heavy atom. The molecule has 0 saturated carbocycles. The van der Waals surface area contributed by atoms with Crippen LogP contribution in [0.25, 0.3) is 21.9 Å². The number of nitrogens with zero attached hydrogens (tertiary/aromatic N) is 1. The molecule has 1 atom stereocenters. The first kappa shape index (κ1) is 19.1. The van der Waals surface area contributed by atoms with Crippen LogP contribution in [0.15, 0.2) is 47.2 Å². The van der Waals surface area contributed by atoms with E-state index in [2.05, 4.69) is 23.8 Å². The van der Waals surface area contributed by atoms with Crippen molar-refractivity contribution in [2.45, 2.75) is 13.3 Å². The zero-order valence-corrected chi connectivity index (χ0v) is 17.2. The van der Waals surface area contributed by atoms with Gasteiger partial charge in [0.1, 0.15) is 0 Å². The van der Waals surface area contributed by atoms with Gasteiger partial charge in [0.15, 0.2) is 0 Å². The maximum Gasteiger partial charge on any atom is 0.253 e. The van der Waals surface area contributed by atoms with Gasteiger partial charge in [-0.05, 0) is 69.6 Å². The first-order valence-electron chi connectivity index (χ1n) is 9.17. The summed E-state index contributed by atoms with van der Waals surface area (Å²) in [6.45, 7) is 3.10. The lowest BCUT2D eigenvalue weighted by Crippen LogP contribution is -2.30. The summed E-state index contributed by atoms with van der Waals surface area (Å²) in [6.07, 6.45) is 0.664. The summed E-state index contributed by atoms with van der Waals surface area (Å²) in [6, 6.07) is 11.9. The van der Waals surface area contributed by atoms with E-state index in [1.807, 2.05) is 30.3 Å². The smallest absolute Gasteiger partial charge is 0.253 e. The van der Waals surface area contributed by atoms with Gasteiger partial charge in [0, 0.05) is 18.7 Å². The van der Waals surface area contributed by atoms with Crippen molar-refractivity contribution in [1.29, 1.82) is 0 Å². The Morgan fingerprint density at radius 3 is 2.75 bits per heavy atom. The number of rotatable bonds is 4. The molecule has 0 aliphatic carbocycles. The number of benzene rings is 2. The van der Waals surface area contributed by atoms with Crippen molar-refractivity contribution in [3.05, 3.63) is 58.3 Å². The minimum absolute atomic E-state index is 0.0593. The second-order valence-corrected chi connectivity index (χ2v) is 9.85. The molecule has 1 aliphatic rings. The summed E-state index contributed by atoms with van der Waals surface area (Å²) >= 11 is 1.69. The Kier molecular flexibility index (Phi) is 4.99. The van der Waals surface area contributed by atoms with Crippen LogP contribution in [-0.2, 0) is 10.0 Å². The molecule has 1 aliphatic heterocycles. The van der Waals surface area contributed by atoms with Crippen molar-refractivity contribution in [3.63, 3.8) is 0 Å². The maximum atomic E-state index is 12.9. The van der Waals surface area contributed by atoms with Crippen molar-refractivity contribution >= 4 is 38.0 Å². The topological polar surface area (TPSA) is 80.5 Å². The van der Waals surface area contributed by atoms with Crippen LogP contribution in [0, 0.1) is 12.8 Å². The molecule has 7 heteroatoms. The van der Waals surface area contributed by atoms with Crippen molar-refractivity contribution < 1.29 is 13.2 Å². The molecule has 146 valence electrons. The van der Waals surface area contributed by atoms with Crippen LogP contribution in [0.5, 0.6) is 0 Å². The standard InChI is InChI=1S/C21H22N2O3S2/c1-14-11-27-12-20(14)19-4-2-3-16-9-17(5-6-18(16)19)21(24)23-8-7-15(10-23)13-28(22,25)26/h2-6,9,11-12,15H,7-8,10,13H2,1H3,(H2,22,25,26). The van der Waals surface area contributed by atoms with Gasteiger partial charge >= 0.3 is 0 Å². The fraction of sp³-hybridized carbons (Fsp3) is 0.286. The van der Waals surface area contributed by atoms with Crippen LogP contribution in [0.4, 0.5) is 0 Å². The third-order valence-electron chi connectivity index (χ3n) is 5.31. The summed E-state index contributed by atoms with van der Waals surface area (Å²) in [7, 11) is -3.52. The number of thiophene rings is 1. The Morgan fingerprint density at radius 1 is 1.21 bits per heavy atom. The number of hydrogen-bond acceptors (Lipinski definition) is 4. The zero-order chi connectivity index (χ0) is 19.9. The molecule has 3 aromatic rings. The highest BCUT2D eigenvalue weighted by molar-refractivity contribution is 7.89. The minimum Gasteiger partial charge on any atom is -0.338 e. The number of carbonyl (C=O) groups is 1. The number of primary sulfonamides is 1. The second kappa shape index (κ2) is 7.31. The number of nitrogens with two attached hydrogens (primary N) is 1. The predicted molar refractivity (Wildman–Crippen MR) is 114 cm³/mol. The average Bonchev–Trinajstić information content (AvgIpc) is 3.27. The van der Waals surface area contributed by atoms with Gasteiger partial charge in [-0.2, -0.15) is 11.3 Å². The third-order valence-corrected chi connectivity index (χ3v) is 7.11. The van der Waals surface area contributed by atoms with Gasteiger partial charge in [0.2, 0.25) is 10.0 Å². The molecule has 5 nitrogen and oxygen atoms in total. The average molecular weight is 415 g/mol. The van der Waals surface area contributed by atoms with Gasteiger partial charge in [-0.1, -0.05) is 24.3 Å². The highest BCUT2D eigenvalue weighted by atomic mass is 32.2. The van der Waals surface area contributed by atoms with Crippen LogP contribution < -0.4 is 5.14 Å². The van der Waals surface area contributed by atoms with Gasteiger partial charge in [-0.3, -0.25) is 4.79 Å². The van der Waals surface area contributed by atoms with E-state index in [-0.39, 0.29) is 17.6 Å². The molecule has 0 bridgehead atoms. The molecule has 1 unspecified atom stereocenters. The number of amides is 1. The van der Waals surface area contributed by atoms with E-state index in [1.165, 1.54) is 16.7 Å². The first-order valence-corrected chi connectivity index (χ1v) is 11.8. The molecule has 1 amide bonds. The number of sulfonamides is 1. The molecule has 0 radical (unpaired) electrons. The SMILES string of the molecule is Cc1cscc1-c1cccc2cc(C(=O)N3CCC(CS(N)(=O)=O)C3)ccc12. The van der Waals surface area contributed by atoms with E-state index >= 15 is 0 Å². The lowest BCUT2D eigenvalue weighted by molar-refractivity contribution is 0.0788. The number of carbonyl (C=O) groups excluding carboxylic acids is 1. The van der Waals surface area contributed by atoms with E-state index in [0.29, 0.717) is 25.1 Å². The van der Waals surface area contributed by atoms with E-state index in [4.69, 9.17) is 5.14 Å². The van der Waals surface area contributed by atoms with Crippen molar-refractivity contribution in [3.8, 4) is 11.1 Å². The van der Waals surface area contributed by atoms with Crippen LogP contribution in [0.3, 0.4) is 0 Å². The normalized spacial score (nSPS) is 17.4. The molecule has 1 fully saturated rings. The third kappa shape index (κ3) is 3.83. The molecule has 2 aromatic carbocycles. The lowest BCUT2D eigenvalue weighted by atomic mass is 9.96. The molecule has 1 aromatic heterocycles. The predicted octanol–water partition coefficient (Wildman–Crippen LogP) is 3.63. The largest absolute Gasteiger partial charge is 0.338 e. The first-order chi connectivity index (χ1) is 13.3. The highest BCUT2D eigenvalue weighted by Crippen LogP contribution is 2.33. The van der Waals surface area contributed by atoms with Crippen LogP contribution in [0.1, 0.15) is 22.3 Å². The Bertz CT molecular complexity index is 1150. The quantitative estimate of drug-likeness (QED) is 0.708. The van der Waals surface area contributed by atoms with E-state index < -0.39 is 10.0 Å². The van der Waals surface area contributed by atoms with Crippen LogP contribution >= 0.6 is 11.3 Å². The highest BCUT2D eigenvalue weighted by Gasteiger charge is 2.29. The van der Waals surface area contributed by atoms with Gasteiger partial charge in [-0.25, -0.2) is 13.6 Å².